The van der Waals surface area contributed by atoms with E-state index in [9.17, 15) is 9.59 Å². The van der Waals surface area contributed by atoms with Gasteiger partial charge in [-0.05, 0) is 91.4 Å². The Morgan fingerprint density at radius 3 is 2.64 bits per heavy atom. The van der Waals surface area contributed by atoms with Gasteiger partial charge in [0.25, 0.3) is 0 Å². The number of aryl methyl sites for hydroxylation is 1. The minimum absolute atomic E-state index is 0.0348. The molecule has 1 N–H and O–H groups in total. The Bertz CT molecular complexity index is 1460. The first-order valence-corrected chi connectivity index (χ1v) is 16.7. The maximum absolute atomic E-state index is 14.1. The van der Waals surface area contributed by atoms with Gasteiger partial charge >= 0.3 is 13.2 Å². The van der Waals surface area contributed by atoms with Gasteiger partial charge in [-0.3, -0.25) is 4.79 Å². The van der Waals surface area contributed by atoms with Gasteiger partial charge in [0.05, 0.1) is 17.6 Å². The van der Waals surface area contributed by atoms with Gasteiger partial charge in [-0.15, -0.1) is 0 Å². The normalized spacial score (nSPS) is 31.7. The van der Waals surface area contributed by atoms with E-state index < -0.39 is 19.3 Å². The zero-order valence-corrected chi connectivity index (χ0v) is 27.1. The van der Waals surface area contributed by atoms with E-state index in [1.54, 1.807) is 0 Å². The first-order chi connectivity index (χ1) is 21.0. The molecule has 0 radical (unpaired) electrons. The fourth-order valence-electron chi connectivity index (χ4n) is 9.25. The number of ether oxygens (including phenoxy) is 1. The lowest BCUT2D eigenvalue weighted by atomic mass is 9.43. The molecular weight excluding hydrogens is 551 g/mol. The molecule has 0 spiro atoms. The maximum atomic E-state index is 14.1. The number of nitrogens with zero attached hydrogens (tertiary/aromatic N) is 1. The molecule has 2 aromatic rings. The summed E-state index contributed by atoms with van der Waals surface area (Å²) in [5, 5.41) is 2.97. The first kappa shape index (κ1) is 29.9. The molecule has 2 aromatic carbocycles. The lowest BCUT2D eigenvalue weighted by Gasteiger charge is -2.64. The molecule has 2 saturated heterocycles. The van der Waals surface area contributed by atoms with Crippen LogP contribution < -0.4 is 5.32 Å². The smallest absolute Gasteiger partial charge is 0.449 e. The van der Waals surface area contributed by atoms with Gasteiger partial charge in [0, 0.05) is 12.5 Å². The molecule has 5 fully saturated rings. The van der Waals surface area contributed by atoms with Crippen LogP contribution in [0.2, 0.25) is 0 Å². The molecule has 44 heavy (non-hydrogen) atoms. The van der Waals surface area contributed by atoms with Crippen molar-refractivity contribution in [2.75, 3.05) is 13.2 Å². The number of fused-ring (bicyclic) bond motifs is 3. The number of alkyl carbamates (subject to hydrolysis) is 1. The lowest BCUT2D eigenvalue weighted by Crippen LogP contribution is -2.65. The Hall–Kier alpha value is -2.84. The van der Waals surface area contributed by atoms with Crippen LogP contribution in [0.4, 0.5) is 4.79 Å². The number of carbonyl (C=O) groups is 2. The van der Waals surface area contributed by atoms with Crippen molar-refractivity contribution in [1.82, 2.24) is 10.2 Å². The second-order valence-electron chi connectivity index (χ2n) is 15.2. The molecule has 1 unspecified atom stereocenters. The van der Waals surface area contributed by atoms with Crippen molar-refractivity contribution in [3.05, 3.63) is 59.2 Å². The SMILES string of the molecule is Cc1ccc2c(c1)-c1ccccc1C2COC(=O)N[C@@H](CC(C)C)C(=O)N1CCC[C@H]1B1O[C@@H]2C[C@@H]3C[C@@H](C3(C)C)[C@]2(C)O1. The fourth-order valence-corrected chi connectivity index (χ4v) is 9.25. The number of carbonyl (C=O) groups excluding carboxylic acids is 2. The topological polar surface area (TPSA) is 77.1 Å². The zero-order valence-electron chi connectivity index (χ0n) is 27.1. The molecule has 4 aliphatic carbocycles. The van der Waals surface area contributed by atoms with Crippen LogP contribution in [0.3, 0.4) is 0 Å². The summed E-state index contributed by atoms with van der Waals surface area (Å²) in [5.74, 6) is 1.12. The average molecular weight is 599 g/mol. The van der Waals surface area contributed by atoms with Crippen LogP contribution in [0.15, 0.2) is 42.5 Å². The standard InChI is InChI=1S/C36H47BN2O5/c1-21(2)16-29(38-34(41)42-20-28-25-11-8-7-10-24(25)27-17-22(3)13-14-26(27)28)33(40)39-15-9-12-32(39)37-43-31-19-23-18-30(35(23,4)5)36(31,6)44-37/h7-8,10-11,13-14,17,21,23,28-32H,9,12,15-16,18-20H2,1-6H3,(H,38,41)/t23-,28?,29-,30-,31+,32-,36-/m0/s1. The third-order valence-electron chi connectivity index (χ3n) is 11.8. The molecule has 2 aliphatic heterocycles. The predicted octanol–water partition coefficient (Wildman–Crippen LogP) is 6.51. The predicted molar refractivity (Wildman–Crippen MR) is 171 cm³/mol. The maximum Gasteiger partial charge on any atom is 0.481 e. The van der Waals surface area contributed by atoms with Gasteiger partial charge in [0.1, 0.15) is 12.6 Å². The minimum Gasteiger partial charge on any atom is -0.449 e. The van der Waals surface area contributed by atoms with Crippen LogP contribution >= 0.6 is 0 Å². The number of benzene rings is 2. The van der Waals surface area contributed by atoms with E-state index in [1.807, 2.05) is 17.0 Å². The molecule has 2 bridgehead atoms. The van der Waals surface area contributed by atoms with Gasteiger partial charge in [-0.2, -0.15) is 0 Å². The summed E-state index contributed by atoms with van der Waals surface area (Å²) < 4.78 is 19.2. The van der Waals surface area contributed by atoms with E-state index in [0.29, 0.717) is 24.8 Å². The van der Waals surface area contributed by atoms with Gasteiger partial charge < -0.3 is 24.3 Å². The lowest BCUT2D eigenvalue weighted by molar-refractivity contribution is -0.199. The van der Waals surface area contributed by atoms with Crippen LogP contribution in [0.1, 0.15) is 89.3 Å². The van der Waals surface area contributed by atoms with Crippen molar-refractivity contribution in [2.24, 2.45) is 23.2 Å². The second kappa shape index (κ2) is 10.9. The third-order valence-corrected chi connectivity index (χ3v) is 11.8. The van der Waals surface area contributed by atoms with Crippen LogP contribution in [0.25, 0.3) is 11.1 Å². The summed E-state index contributed by atoms with van der Waals surface area (Å²) >= 11 is 0. The molecule has 6 aliphatic rings. The van der Waals surface area contributed by atoms with Crippen molar-refractivity contribution < 1.29 is 23.6 Å². The second-order valence-corrected chi connectivity index (χ2v) is 15.2. The van der Waals surface area contributed by atoms with Crippen molar-refractivity contribution in [1.29, 1.82) is 0 Å². The molecule has 0 aromatic heterocycles. The van der Waals surface area contributed by atoms with Crippen molar-refractivity contribution >= 4 is 19.1 Å². The highest BCUT2D eigenvalue weighted by molar-refractivity contribution is 6.48. The highest BCUT2D eigenvalue weighted by Gasteiger charge is 2.69. The van der Waals surface area contributed by atoms with Crippen LogP contribution in [-0.2, 0) is 18.8 Å². The number of likely N-dealkylation sites (tertiary alicyclic amines) is 1. The summed E-state index contributed by atoms with van der Waals surface area (Å²) in [7, 11) is -0.426. The highest BCUT2D eigenvalue weighted by Crippen LogP contribution is 2.66. The summed E-state index contributed by atoms with van der Waals surface area (Å²) in [6, 6.07) is 14.1. The van der Waals surface area contributed by atoms with E-state index >= 15 is 0 Å². The largest absolute Gasteiger partial charge is 0.481 e. The van der Waals surface area contributed by atoms with Gasteiger partial charge in [-0.25, -0.2) is 4.79 Å². The van der Waals surface area contributed by atoms with Crippen molar-refractivity contribution in [3.63, 3.8) is 0 Å². The molecule has 8 heteroatoms. The van der Waals surface area contributed by atoms with E-state index in [-0.39, 0.29) is 47.4 Å². The van der Waals surface area contributed by atoms with E-state index in [2.05, 4.69) is 77.2 Å². The average Bonchev–Trinajstić information content (AvgIpc) is 3.68. The Balaban J connectivity index is 1.03. The Morgan fingerprint density at radius 1 is 1.09 bits per heavy atom. The van der Waals surface area contributed by atoms with Gasteiger partial charge in [0.15, 0.2) is 0 Å². The van der Waals surface area contributed by atoms with Gasteiger partial charge in [-0.1, -0.05) is 75.7 Å². The molecule has 7 atom stereocenters. The Morgan fingerprint density at radius 2 is 1.86 bits per heavy atom. The number of rotatable bonds is 7. The third kappa shape index (κ3) is 4.79. The number of hydrogen-bond donors (Lipinski definition) is 1. The molecule has 2 heterocycles. The fraction of sp³-hybridized carbons (Fsp3) is 0.611. The zero-order chi connectivity index (χ0) is 31.0. The number of amides is 2. The van der Waals surface area contributed by atoms with E-state index in [4.69, 9.17) is 14.0 Å². The number of nitrogens with one attached hydrogen (secondary N) is 1. The quantitative estimate of drug-likeness (QED) is 0.368. The summed E-state index contributed by atoms with van der Waals surface area (Å²) in [4.78, 5) is 29.3. The van der Waals surface area contributed by atoms with Crippen LogP contribution in [0.5, 0.6) is 0 Å². The van der Waals surface area contributed by atoms with Crippen molar-refractivity contribution in [2.45, 2.75) is 103 Å². The Labute approximate surface area is 262 Å². The van der Waals surface area contributed by atoms with E-state index in [0.717, 1.165) is 19.3 Å². The summed E-state index contributed by atoms with van der Waals surface area (Å²) in [5.41, 5.74) is 5.90. The highest BCUT2D eigenvalue weighted by atomic mass is 16.7. The van der Waals surface area contributed by atoms with Gasteiger partial charge in [0.2, 0.25) is 5.91 Å². The monoisotopic (exact) mass is 598 g/mol. The molecule has 3 saturated carbocycles. The Kier molecular flexibility index (Phi) is 7.40. The molecule has 8 rings (SSSR count). The molecular formula is C36H47BN2O5. The molecule has 234 valence electrons. The summed E-state index contributed by atoms with van der Waals surface area (Å²) in [6.07, 6.45) is 4.03. The summed E-state index contributed by atoms with van der Waals surface area (Å²) in [6.45, 7) is 14.1. The van der Waals surface area contributed by atoms with E-state index in [1.165, 1.54) is 34.2 Å². The van der Waals surface area contributed by atoms with Crippen molar-refractivity contribution in [3.8, 4) is 11.1 Å². The first-order valence-electron chi connectivity index (χ1n) is 16.7. The molecule has 2 amide bonds. The number of hydrogen-bond acceptors (Lipinski definition) is 5. The van der Waals surface area contributed by atoms with Crippen LogP contribution in [-0.4, -0.2) is 60.9 Å². The molecule has 7 nitrogen and oxygen atoms in total. The van der Waals surface area contributed by atoms with Crippen LogP contribution in [0, 0.1) is 30.1 Å². The minimum atomic E-state index is -0.667.